The zero-order valence-corrected chi connectivity index (χ0v) is 17.4. The maximum absolute atomic E-state index is 12.9. The van der Waals surface area contributed by atoms with E-state index in [0.717, 1.165) is 39.0 Å². The van der Waals surface area contributed by atoms with Crippen molar-refractivity contribution in [2.75, 3.05) is 52.9 Å². The van der Waals surface area contributed by atoms with Crippen molar-refractivity contribution in [1.29, 1.82) is 0 Å². The lowest BCUT2D eigenvalue weighted by atomic mass is 10.0. The van der Waals surface area contributed by atoms with Crippen LogP contribution in [0.4, 0.5) is 0 Å². The molecule has 2 aliphatic heterocycles. The Morgan fingerprint density at radius 3 is 2.17 bits per heavy atom. The van der Waals surface area contributed by atoms with Crippen LogP contribution >= 0.6 is 0 Å². The van der Waals surface area contributed by atoms with E-state index < -0.39 is 28.4 Å². The molecule has 160 valence electrons. The highest BCUT2D eigenvalue weighted by Gasteiger charge is 2.32. The second-order valence-electron chi connectivity index (χ2n) is 7.58. The maximum Gasteiger partial charge on any atom is 0.322 e. The fourth-order valence-corrected chi connectivity index (χ4v) is 5.29. The zero-order chi connectivity index (χ0) is 21.0. The third kappa shape index (κ3) is 5.33. The van der Waals surface area contributed by atoms with Gasteiger partial charge in [0, 0.05) is 50.9 Å². The van der Waals surface area contributed by atoms with Gasteiger partial charge in [-0.3, -0.25) is 14.5 Å². The van der Waals surface area contributed by atoms with Crippen LogP contribution in [0.15, 0.2) is 29.2 Å². The van der Waals surface area contributed by atoms with Crippen molar-refractivity contribution in [2.45, 2.75) is 23.8 Å². The van der Waals surface area contributed by atoms with E-state index in [4.69, 9.17) is 5.11 Å². The summed E-state index contributed by atoms with van der Waals surface area (Å²) in [6.45, 7) is 4.63. The van der Waals surface area contributed by atoms with Crippen molar-refractivity contribution in [3.63, 3.8) is 0 Å². The number of nitrogens with zero attached hydrogens (tertiary/aromatic N) is 3. The van der Waals surface area contributed by atoms with Crippen molar-refractivity contribution in [3.8, 4) is 0 Å². The number of carbonyl (C=O) groups excluding carboxylic acids is 1. The van der Waals surface area contributed by atoms with E-state index in [1.54, 1.807) is 0 Å². The minimum Gasteiger partial charge on any atom is -0.480 e. The molecule has 0 atom stereocenters. The van der Waals surface area contributed by atoms with Gasteiger partial charge in [-0.05, 0) is 44.2 Å². The number of carboxylic acids is 1. The van der Waals surface area contributed by atoms with Gasteiger partial charge in [0.2, 0.25) is 10.0 Å². The first-order chi connectivity index (χ1) is 13.8. The molecule has 3 rings (SSSR count). The number of hydrogen-bond donors (Lipinski definition) is 2. The fourth-order valence-electron chi connectivity index (χ4n) is 3.82. The number of nitrogens with one attached hydrogen (secondary N) is 1. The molecule has 10 heteroatoms. The van der Waals surface area contributed by atoms with Crippen molar-refractivity contribution in [1.82, 2.24) is 19.4 Å². The van der Waals surface area contributed by atoms with Crippen molar-refractivity contribution in [2.24, 2.45) is 0 Å². The van der Waals surface area contributed by atoms with Gasteiger partial charge in [-0.25, -0.2) is 8.42 Å². The third-order valence-corrected chi connectivity index (χ3v) is 7.55. The quantitative estimate of drug-likeness (QED) is 0.656. The van der Waals surface area contributed by atoms with E-state index in [-0.39, 0.29) is 10.5 Å². The molecule has 0 aromatic heterocycles. The average molecular weight is 425 g/mol. The normalized spacial score (nSPS) is 20.4. The van der Waals surface area contributed by atoms with Crippen LogP contribution in [0.2, 0.25) is 0 Å². The summed E-state index contributed by atoms with van der Waals surface area (Å²) in [6, 6.07) is 6.03. The number of piperidine rings is 1. The molecule has 0 aliphatic carbocycles. The Morgan fingerprint density at radius 1 is 1.03 bits per heavy atom. The summed E-state index contributed by atoms with van der Waals surface area (Å²) in [5.74, 6) is -1.69. The monoisotopic (exact) mass is 424 g/mol. The standard InChI is InChI=1S/C19H28N4O5S/c1-21-10-12-22(13-11-21)16-6-8-23(9-7-16)29(27,28)17-4-2-15(3-5-17)19(26)20-14-18(24)25/h2-5,16H,6-14H2,1H3,(H,20,26)(H,24,25). The van der Waals surface area contributed by atoms with Crippen molar-refractivity contribution in [3.05, 3.63) is 29.8 Å². The van der Waals surface area contributed by atoms with Crippen LogP contribution in [0, 0.1) is 0 Å². The molecule has 2 N–H and O–H groups in total. The number of likely N-dealkylation sites (N-methyl/N-ethyl adjacent to an activating group) is 1. The van der Waals surface area contributed by atoms with Crippen LogP contribution in [0.25, 0.3) is 0 Å². The summed E-state index contributed by atoms with van der Waals surface area (Å²) < 4.78 is 27.4. The Balaban J connectivity index is 1.58. The predicted octanol–water partition coefficient (Wildman–Crippen LogP) is -0.0985. The van der Waals surface area contributed by atoms with Gasteiger partial charge in [0.1, 0.15) is 6.54 Å². The smallest absolute Gasteiger partial charge is 0.322 e. The van der Waals surface area contributed by atoms with Crippen molar-refractivity contribution < 1.29 is 23.1 Å². The Hall–Kier alpha value is -2.01. The molecule has 1 amide bonds. The first-order valence-corrected chi connectivity index (χ1v) is 11.2. The first kappa shape index (κ1) is 21.7. The van der Waals surface area contributed by atoms with Crippen LogP contribution in [0.3, 0.4) is 0 Å². The van der Waals surface area contributed by atoms with E-state index in [9.17, 15) is 18.0 Å². The van der Waals surface area contributed by atoms with Crippen molar-refractivity contribution >= 4 is 21.9 Å². The van der Waals surface area contributed by atoms with E-state index in [0.29, 0.717) is 19.1 Å². The van der Waals surface area contributed by atoms with E-state index in [1.165, 1.54) is 28.6 Å². The lowest BCUT2D eigenvalue weighted by Gasteiger charge is -2.41. The number of sulfonamides is 1. The number of carboxylic acid groups (broad SMARTS) is 1. The highest BCUT2D eigenvalue weighted by molar-refractivity contribution is 7.89. The minimum absolute atomic E-state index is 0.144. The molecule has 0 bridgehead atoms. The minimum atomic E-state index is -3.61. The van der Waals surface area contributed by atoms with Gasteiger partial charge in [-0.2, -0.15) is 4.31 Å². The van der Waals surface area contributed by atoms with Crippen LogP contribution in [-0.2, 0) is 14.8 Å². The van der Waals surface area contributed by atoms with Crippen LogP contribution in [0.1, 0.15) is 23.2 Å². The third-order valence-electron chi connectivity index (χ3n) is 5.63. The number of carbonyl (C=O) groups is 2. The zero-order valence-electron chi connectivity index (χ0n) is 16.6. The van der Waals surface area contributed by atoms with Crippen LogP contribution < -0.4 is 5.32 Å². The predicted molar refractivity (Wildman–Crippen MR) is 107 cm³/mol. The van der Waals surface area contributed by atoms with Gasteiger partial charge >= 0.3 is 5.97 Å². The van der Waals surface area contributed by atoms with E-state index in [1.807, 2.05) is 0 Å². The number of amides is 1. The summed E-state index contributed by atoms with van der Waals surface area (Å²) in [5, 5.41) is 10.9. The summed E-state index contributed by atoms with van der Waals surface area (Å²) in [6.07, 6.45) is 1.64. The molecule has 1 aromatic rings. The highest BCUT2D eigenvalue weighted by Crippen LogP contribution is 2.24. The molecule has 0 spiro atoms. The molecule has 0 radical (unpaired) electrons. The van der Waals surface area contributed by atoms with Gasteiger partial charge in [-0.15, -0.1) is 0 Å². The highest BCUT2D eigenvalue weighted by atomic mass is 32.2. The van der Waals surface area contributed by atoms with E-state index >= 15 is 0 Å². The largest absolute Gasteiger partial charge is 0.480 e. The lowest BCUT2D eigenvalue weighted by Crippen LogP contribution is -2.52. The molecule has 0 unspecified atom stereocenters. The molecule has 9 nitrogen and oxygen atoms in total. The molecule has 2 saturated heterocycles. The molecule has 2 heterocycles. The van der Waals surface area contributed by atoms with Gasteiger partial charge in [0.15, 0.2) is 0 Å². The molecule has 2 fully saturated rings. The fraction of sp³-hybridized carbons (Fsp3) is 0.579. The summed E-state index contributed by atoms with van der Waals surface area (Å²) in [7, 11) is -1.49. The van der Waals surface area contributed by atoms with Gasteiger partial charge < -0.3 is 15.3 Å². The molecule has 0 saturated carbocycles. The maximum atomic E-state index is 12.9. The molecule has 2 aliphatic rings. The van der Waals surface area contributed by atoms with Crippen LogP contribution in [-0.4, -0.2) is 98.4 Å². The number of hydrogen-bond acceptors (Lipinski definition) is 6. The first-order valence-electron chi connectivity index (χ1n) is 9.80. The number of piperazine rings is 1. The van der Waals surface area contributed by atoms with Gasteiger partial charge in [0.05, 0.1) is 4.90 Å². The molecular weight excluding hydrogens is 396 g/mol. The summed E-state index contributed by atoms with van der Waals surface area (Å²) in [4.78, 5) is 27.3. The van der Waals surface area contributed by atoms with Gasteiger partial charge in [0.25, 0.3) is 5.91 Å². The topological polar surface area (TPSA) is 110 Å². The Labute approximate surface area is 171 Å². The second-order valence-corrected chi connectivity index (χ2v) is 9.51. The Morgan fingerprint density at radius 2 is 1.62 bits per heavy atom. The van der Waals surface area contributed by atoms with E-state index in [2.05, 4.69) is 22.2 Å². The second kappa shape index (κ2) is 9.21. The van der Waals surface area contributed by atoms with Crippen LogP contribution in [0.5, 0.6) is 0 Å². The number of rotatable bonds is 6. The summed E-state index contributed by atoms with van der Waals surface area (Å²) in [5.41, 5.74) is 0.221. The SMILES string of the molecule is CN1CCN(C2CCN(S(=O)(=O)c3ccc(C(=O)NCC(=O)O)cc3)CC2)CC1. The average Bonchev–Trinajstić information content (AvgIpc) is 2.72. The Kier molecular flexibility index (Phi) is 6.89. The summed E-state index contributed by atoms with van der Waals surface area (Å²) >= 11 is 0. The number of aliphatic carboxylic acids is 1. The Bertz CT molecular complexity index is 827. The molecule has 1 aromatic carbocycles. The lowest BCUT2D eigenvalue weighted by molar-refractivity contribution is -0.135. The molecule has 29 heavy (non-hydrogen) atoms. The van der Waals surface area contributed by atoms with Gasteiger partial charge in [-0.1, -0.05) is 0 Å². The number of benzene rings is 1. The molecular formula is C19H28N4O5S.